The van der Waals surface area contributed by atoms with Gasteiger partial charge in [-0.25, -0.2) is 9.53 Å². The normalized spacial score (nSPS) is 16.8. The van der Waals surface area contributed by atoms with Gasteiger partial charge in [0.15, 0.2) is 23.7 Å². The fourth-order valence-corrected chi connectivity index (χ4v) is 3.20. The molecule has 0 radical (unpaired) electrons. The molecule has 0 saturated carbocycles. The molecule has 9 heteroatoms. The predicted molar refractivity (Wildman–Crippen MR) is 113 cm³/mol. The minimum absolute atomic E-state index is 0.110. The molecule has 0 amide bonds. The van der Waals surface area contributed by atoms with Crippen LogP contribution in [0.3, 0.4) is 0 Å². The van der Waals surface area contributed by atoms with Gasteiger partial charge in [0.05, 0.1) is 6.10 Å². The van der Waals surface area contributed by atoms with E-state index in [1.54, 1.807) is 6.07 Å². The second-order valence-electron chi connectivity index (χ2n) is 7.13. The Morgan fingerprint density at radius 3 is 2.56 bits per heavy atom. The quantitative estimate of drug-likeness (QED) is 0.289. The van der Waals surface area contributed by atoms with E-state index in [0.29, 0.717) is 30.7 Å². The van der Waals surface area contributed by atoms with Crippen LogP contribution in [0.2, 0.25) is 0 Å². The number of hydrogen-bond acceptors (Lipinski definition) is 9. The molecule has 2 aromatic rings. The minimum Gasteiger partial charge on any atom is -0.428 e. The smallest absolute Gasteiger partial charge is 0.428 e. The lowest BCUT2D eigenvalue weighted by Crippen LogP contribution is -2.44. The first-order chi connectivity index (χ1) is 15.5. The molecule has 3 atom stereocenters. The fourth-order valence-electron chi connectivity index (χ4n) is 3.20. The zero-order valence-electron chi connectivity index (χ0n) is 18.1. The molecule has 32 heavy (non-hydrogen) atoms. The van der Waals surface area contributed by atoms with Crippen LogP contribution >= 0.6 is 0 Å². The van der Waals surface area contributed by atoms with Crippen molar-refractivity contribution in [3.8, 4) is 11.5 Å². The molecule has 0 saturated heterocycles. The van der Waals surface area contributed by atoms with Crippen molar-refractivity contribution in [2.45, 2.75) is 38.1 Å². The molecular weight excluding hydrogens is 418 g/mol. The van der Waals surface area contributed by atoms with Gasteiger partial charge in [-0.1, -0.05) is 36.4 Å². The zero-order valence-corrected chi connectivity index (χ0v) is 18.1. The number of hydrogen-bond donors (Lipinski definition) is 2. The third kappa shape index (κ3) is 6.08. The van der Waals surface area contributed by atoms with Crippen LogP contribution < -0.4 is 14.8 Å². The molecule has 0 aliphatic carbocycles. The van der Waals surface area contributed by atoms with Gasteiger partial charge in [-0.05, 0) is 36.6 Å². The summed E-state index contributed by atoms with van der Waals surface area (Å²) >= 11 is 0. The topological polar surface area (TPSA) is 105 Å². The highest BCUT2D eigenvalue weighted by Gasteiger charge is 2.41. The molecule has 3 rings (SSSR count). The molecule has 172 valence electrons. The maximum Gasteiger partial charge on any atom is 0.466 e. The van der Waals surface area contributed by atoms with E-state index in [4.69, 9.17) is 28.4 Å². The Labute approximate surface area is 186 Å². The Kier molecular flexibility index (Phi) is 8.24. The van der Waals surface area contributed by atoms with Gasteiger partial charge in [0.1, 0.15) is 0 Å². The van der Waals surface area contributed by atoms with Gasteiger partial charge in [-0.2, -0.15) is 0 Å². The van der Waals surface area contributed by atoms with E-state index in [0.717, 1.165) is 11.1 Å². The zero-order chi connectivity index (χ0) is 23.0. The lowest BCUT2D eigenvalue weighted by atomic mass is 10.1. The Hall–Kier alpha value is -2.91. The number of aliphatic hydroxyl groups excluding tert-OH is 1. The minimum atomic E-state index is -2.02. The van der Waals surface area contributed by atoms with Gasteiger partial charge in [0.2, 0.25) is 0 Å². The van der Waals surface area contributed by atoms with Gasteiger partial charge in [-0.15, -0.1) is 0 Å². The van der Waals surface area contributed by atoms with Crippen molar-refractivity contribution in [1.29, 1.82) is 0 Å². The summed E-state index contributed by atoms with van der Waals surface area (Å²) in [4.78, 5) is 10.4. The molecule has 2 N–H and O–H groups in total. The Balaban J connectivity index is 1.54. The highest BCUT2D eigenvalue weighted by atomic mass is 17.1. The maximum absolute atomic E-state index is 10.4. The van der Waals surface area contributed by atoms with E-state index in [-0.39, 0.29) is 6.04 Å². The van der Waals surface area contributed by atoms with Gasteiger partial charge >= 0.3 is 12.6 Å². The van der Waals surface area contributed by atoms with E-state index < -0.39 is 18.7 Å². The maximum atomic E-state index is 10.4. The van der Waals surface area contributed by atoms with Gasteiger partial charge in [0, 0.05) is 26.8 Å². The van der Waals surface area contributed by atoms with Crippen LogP contribution in [0.1, 0.15) is 24.2 Å². The van der Waals surface area contributed by atoms with Crippen molar-refractivity contribution in [3.05, 3.63) is 65.9 Å². The summed E-state index contributed by atoms with van der Waals surface area (Å²) in [5, 5.41) is 13.7. The summed E-state index contributed by atoms with van der Waals surface area (Å²) < 4.78 is 31.8. The number of carbonyl (C=O) groups excluding carboxylic acids is 1. The third-order valence-corrected chi connectivity index (χ3v) is 4.83. The number of ether oxygens (including phenoxy) is 6. The highest BCUT2D eigenvalue weighted by Crippen LogP contribution is 2.37. The van der Waals surface area contributed by atoms with Crippen LogP contribution in [-0.4, -0.2) is 50.5 Å². The Bertz CT molecular complexity index is 911. The monoisotopic (exact) mass is 445 g/mol. The van der Waals surface area contributed by atoms with Crippen molar-refractivity contribution in [2.75, 3.05) is 20.8 Å². The molecule has 9 nitrogen and oxygen atoms in total. The van der Waals surface area contributed by atoms with Gasteiger partial charge in [-0.3, -0.25) is 9.47 Å². The van der Waals surface area contributed by atoms with Crippen LogP contribution in [0.15, 0.2) is 54.8 Å². The molecule has 1 aliphatic rings. The van der Waals surface area contributed by atoms with Crippen LogP contribution in [0.4, 0.5) is 0 Å². The van der Waals surface area contributed by atoms with E-state index in [1.807, 2.05) is 49.4 Å². The Morgan fingerprint density at radius 2 is 1.88 bits per heavy atom. The number of fused-ring (bicyclic) bond motifs is 1. The molecular formula is C23H27NO8. The second-order valence-corrected chi connectivity index (χ2v) is 7.13. The van der Waals surface area contributed by atoms with Crippen LogP contribution in [0.5, 0.6) is 11.5 Å². The SMILES string of the molecule is COC(OC)(OC=C=O)O[C@@H]1Oc2ccc(C[C@@H](C)NC[C@H](O)c3ccccc3)cc2O1. The summed E-state index contributed by atoms with van der Waals surface area (Å²) in [7, 11) is 2.54. The molecule has 0 unspecified atom stereocenters. The molecule has 0 fully saturated rings. The molecule has 0 spiro atoms. The van der Waals surface area contributed by atoms with Crippen LogP contribution in [-0.2, 0) is 30.2 Å². The first-order valence-corrected chi connectivity index (χ1v) is 10.1. The number of methoxy groups -OCH3 is 2. The summed E-state index contributed by atoms with van der Waals surface area (Å²) in [6, 6.07) is 15.2. The van der Waals surface area contributed by atoms with Crippen LogP contribution in [0, 0.1) is 0 Å². The van der Waals surface area contributed by atoms with E-state index in [9.17, 15) is 9.90 Å². The summed E-state index contributed by atoms with van der Waals surface area (Å²) in [5.74, 6) is 2.41. The number of nitrogens with one attached hydrogen (secondary N) is 1. The van der Waals surface area contributed by atoms with E-state index in [2.05, 4.69) is 5.32 Å². The lowest BCUT2D eigenvalue weighted by Gasteiger charge is -2.28. The van der Waals surface area contributed by atoms with Crippen molar-refractivity contribution in [1.82, 2.24) is 5.32 Å². The average molecular weight is 445 g/mol. The first-order valence-electron chi connectivity index (χ1n) is 10.1. The number of rotatable bonds is 12. The first kappa shape index (κ1) is 23.7. The largest absolute Gasteiger partial charge is 0.466 e. The number of aliphatic hydroxyl groups is 1. The highest BCUT2D eigenvalue weighted by molar-refractivity contribution is 5.45. The van der Waals surface area contributed by atoms with Crippen molar-refractivity contribution >= 4 is 5.94 Å². The predicted octanol–water partition coefficient (Wildman–Crippen LogP) is 2.28. The summed E-state index contributed by atoms with van der Waals surface area (Å²) in [6.07, 6.45) is -1.19. The van der Waals surface area contributed by atoms with Crippen LogP contribution in [0.25, 0.3) is 0 Å². The number of benzene rings is 2. The van der Waals surface area contributed by atoms with Crippen molar-refractivity contribution < 1.29 is 38.3 Å². The third-order valence-electron chi connectivity index (χ3n) is 4.83. The van der Waals surface area contributed by atoms with E-state index >= 15 is 0 Å². The second kappa shape index (κ2) is 11.1. The molecule has 0 aromatic heterocycles. The van der Waals surface area contributed by atoms with E-state index in [1.165, 1.54) is 20.2 Å². The summed E-state index contributed by atoms with van der Waals surface area (Å²) in [6.45, 7) is 1.27. The van der Waals surface area contributed by atoms with Crippen molar-refractivity contribution in [3.63, 3.8) is 0 Å². The molecule has 1 heterocycles. The fraction of sp³-hybridized carbons (Fsp3) is 0.391. The average Bonchev–Trinajstić information content (AvgIpc) is 3.22. The molecule has 1 aliphatic heterocycles. The molecule has 2 aromatic carbocycles. The molecule has 0 bridgehead atoms. The van der Waals surface area contributed by atoms with Crippen molar-refractivity contribution in [2.24, 2.45) is 0 Å². The lowest BCUT2D eigenvalue weighted by molar-refractivity contribution is -0.507. The Morgan fingerprint density at radius 1 is 1.16 bits per heavy atom. The standard InChI is InChI=1S/C23H27NO8/c1-16(24-15-19(26)18-7-5-4-6-8-18)13-17-9-10-20-21(14-17)31-22(30-20)32-23(27-2,28-3)29-12-11-25/h4-10,12,14,16,19,22,24,26H,13,15H2,1-3H3/t16-,19+,22-/m1/s1. The van der Waals surface area contributed by atoms with Gasteiger partial charge in [0.25, 0.3) is 0 Å². The van der Waals surface area contributed by atoms with Gasteiger partial charge < -0.3 is 24.6 Å². The summed E-state index contributed by atoms with van der Waals surface area (Å²) in [5.41, 5.74) is 1.88.